The monoisotopic (exact) mass is 305 g/mol. The lowest BCUT2D eigenvalue weighted by Crippen LogP contribution is -2.40. The van der Waals surface area contributed by atoms with Crippen molar-refractivity contribution >= 4 is 5.96 Å². The van der Waals surface area contributed by atoms with Gasteiger partial charge in [0.2, 0.25) is 0 Å². The van der Waals surface area contributed by atoms with Gasteiger partial charge in [-0.3, -0.25) is 0 Å². The molecule has 1 saturated heterocycles. The number of hydrogen-bond acceptors (Lipinski definition) is 3. The van der Waals surface area contributed by atoms with Crippen molar-refractivity contribution in [2.24, 2.45) is 4.99 Å². The van der Waals surface area contributed by atoms with Crippen LogP contribution in [0.5, 0.6) is 0 Å². The minimum absolute atomic E-state index is 0.0907. The summed E-state index contributed by atoms with van der Waals surface area (Å²) in [6.45, 7) is 3.18. The summed E-state index contributed by atoms with van der Waals surface area (Å²) in [7, 11) is 2.17. The summed E-state index contributed by atoms with van der Waals surface area (Å²) in [5.74, 6) is 1.15. The minimum atomic E-state index is 0.0907. The van der Waals surface area contributed by atoms with Crippen molar-refractivity contribution in [1.82, 2.24) is 9.80 Å². The molecule has 3 nitrogen and oxygen atoms in total. The fourth-order valence-electron chi connectivity index (χ4n) is 3.68. The van der Waals surface area contributed by atoms with Gasteiger partial charge < -0.3 is 9.80 Å². The number of aliphatic imine (C=N–C) groups is 1. The average Bonchev–Trinajstić information content (AvgIpc) is 3.07. The minimum Gasteiger partial charge on any atom is -0.343 e. The molecule has 0 radical (unpaired) electrons. The maximum atomic E-state index is 5.22. The van der Waals surface area contributed by atoms with Gasteiger partial charge in [-0.1, -0.05) is 54.6 Å². The van der Waals surface area contributed by atoms with Gasteiger partial charge in [-0.25, -0.2) is 4.99 Å². The fraction of sp³-hybridized carbons (Fsp3) is 0.350. The van der Waals surface area contributed by atoms with Gasteiger partial charge in [0.1, 0.15) is 6.04 Å². The van der Waals surface area contributed by atoms with Crippen LogP contribution in [0.15, 0.2) is 59.6 Å². The van der Waals surface area contributed by atoms with Crippen LogP contribution in [0.4, 0.5) is 0 Å². The molecule has 0 amide bonds. The number of benzene rings is 2. The average molecular weight is 305 g/mol. The molecule has 0 N–H and O–H groups in total. The van der Waals surface area contributed by atoms with Crippen molar-refractivity contribution in [1.29, 1.82) is 0 Å². The molecule has 2 aromatic rings. The second-order valence-electron chi connectivity index (χ2n) is 6.49. The Hall–Kier alpha value is -2.29. The fourth-order valence-corrected chi connectivity index (χ4v) is 3.68. The van der Waals surface area contributed by atoms with E-state index in [1.807, 2.05) is 0 Å². The molecule has 118 valence electrons. The van der Waals surface area contributed by atoms with Crippen molar-refractivity contribution in [3.63, 3.8) is 0 Å². The first-order valence-corrected chi connectivity index (χ1v) is 8.49. The van der Waals surface area contributed by atoms with Gasteiger partial charge in [0.05, 0.1) is 0 Å². The van der Waals surface area contributed by atoms with Gasteiger partial charge in [0, 0.05) is 26.7 Å². The second kappa shape index (κ2) is 6.07. The molecule has 1 fully saturated rings. The summed E-state index contributed by atoms with van der Waals surface area (Å²) in [5, 5.41) is 0. The van der Waals surface area contributed by atoms with E-state index < -0.39 is 0 Å². The highest BCUT2D eigenvalue weighted by Gasteiger charge is 2.27. The van der Waals surface area contributed by atoms with Crippen LogP contribution in [0.25, 0.3) is 0 Å². The Balaban J connectivity index is 1.83. The Morgan fingerprint density at radius 1 is 0.913 bits per heavy atom. The zero-order valence-corrected chi connectivity index (χ0v) is 13.7. The van der Waals surface area contributed by atoms with E-state index in [0.29, 0.717) is 0 Å². The largest absolute Gasteiger partial charge is 0.343 e. The summed E-state index contributed by atoms with van der Waals surface area (Å²) >= 11 is 0. The molecule has 2 aliphatic rings. The SMILES string of the molecule is CN1Cc2ccccc2C(c2ccccc2)N=C1N1CCCC1. The molecule has 3 heteroatoms. The maximum Gasteiger partial charge on any atom is 0.197 e. The van der Waals surface area contributed by atoms with Crippen molar-refractivity contribution in [2.45, 2.75) is 25.4 Å². The van der Waals surface area contributed by atoms with E-state index in [1.165, 1.54) is 29.5 Å². The van der Waals surface area contributed by atoms with Crippen LogP contribution < -0.4 is 0 Å². The number of hydrogen-bond donors (Lipinski definition) is 0. The van der Waals surface area contributed by atoms with E-state index in [9.17, 15) is 0 Å². The van der Waals surface area contributed by atoms with Gasteiger partial charge in [0.25, 0.3) is 0 Å². The molecule has 0 spiro atoms. The van der Waals surface area contributed by atoms with Crippen molar-refractivity contribution in [3.05, 3.63) is 71.3 Å². The quantitative estimate of drug-likeness (QED) is 0.800. The van der Waals surface area contributed by atoms with E-state index in [2.05, 4.69) is 71.4 Å². The van der Waals surface area contributed by atoms with Gasteiger partial charge in [-0.2, -0.15) is 0 Å². The first-order valence-electron chi connectivity index (χ1n) is 8.49. The Labute approximate surface area is 138 Å². The van der Waals surface area contributed by atoms with Crippen LogP contribution >= 0.6 is 0 Å². The zero-order valence-electron chi connectivity index (χ0n) is 13.7. The molecular formula is C20H23N3. The van der Waals surface area contributed by atoms with Crippen LogP contribution in [0, 0.1) is 0 Å². The number of nitrogens with zero attached hydrogens (tertiary/aromatic N) is 3. The van der Waals surface area contributed by atoms with Gasteiger partial charge in [-0.15, -0.1) is 0 Å². The molecule has 0 saturated carbocycles. The van der Waals surface area contributed by atoms with E-state index in [4.69, 9.17) is 4.99 Å². The molecule has 2 heterocycles. The Kier molecular flexibility index (Phi) is 3.78. The molecule has 0 bridgehead atoms. The highest BCUT2D eigenvalue weighted by atomic mass is 15.4. The summed E-state index contributed by atoms with van der Waals surface area (Å²) < 4.78 is 0. The molecule has 1 atom stereocenters. The van der Waals surface area contributed by atoms with Crippen LogP contribution in [0.3, 0.4) is 0 Å². The summed E-state index contributed by atoms with van der Waals surface area (Å²) in [6, 6.07) is 19.5. The smallest absolute Gasteiger partial charge is 0.197 e. The van der Waals surface area contributed by atoms with Crippen LogP contribution in [-0.4, -0.2) is 35.9 Å². The van der Waals surface area contributed by atoms with Crippen molar-refractivity contribution < 1.29 is 0 Å². The second-order valence-corrected chi connectivity index (χ2v) is 6.49. The van der Waals surface area contributed by atoms with E-state index >= 15 is 0 Å². The van der Waals surface area contributed by atoms with Gasteiger partial charge in [0.15, 0.2) is 5.96 Å². The molecular weight excluding hydrogens is 282 g/mol. The van der Waals surface area contributed by atoms with Crippen molar-refractivity contribution in [2.75, 3.05) is 20.1 Å². The molecule has 0 aliphatic carbocycles. The topological polar surface area (TPSA) is 18.8 Å². The third-order valence-corrected chi connectivity index (χ3v) is 4.85. The maximum absolute atomic E-state index is 5.22. The summed E-state index contributed by atoms with van der Waals surface area (Å²) in [5.41, 5.74) is 3.98. The van der Waals surface area contributed by atoms with Gasteiger partial charge in [-0.05, 0) is 29.5 Å². The Morgan fingerprint density at radius 3 is 2.39 bits per heavy atom. The molecule has 2 aliphatic heterocycles. The van der Waals surface area contributed by atoms with Crippen molar-refractivity contribution in [3.8, 4) is 0 Å². The Bertz CT molecular complexity index is 702. The highest BCUT2D eigenvalue weighted by Crippen LogP contribution is 2.32. The van der Waals surface area contributed by atoms with Crippen LogP contribution in [0.2, 0.25) is 0 Å². The lowest BCUT2D eigenvalue weighted by atomic mass is 9.95. The first-order chi connectivity index (χ1) is 11.3. The molecule has 23 heavy (non-hydrogen) atoms. The van der Waals surface area contributed by atoms with E-state index in [-0.39, 0.29) is 6.04 Å². The van der Waals surface area contributed by atoms with Crippen LogP contribution in [-0.2, 0) is 6.54 Å². The van der Waals surface area contributed by atoms with Crippen LogP contribution in [0.1, 0.15) is 35.6 Å². The number of guanidine groups is 1. The normalized spacial score (nSPS) is 20.9. The predicted molar refractivity (Wildman–Crippen MR) is 94.4 cm³/mol. The molecule has 2 aromatic carbocycles. The third kappa shape index (κ3) is 2.72. The summed E-state index contributed by atoms with van der Waals surface area (Å²) in [6.07, 6.45) is 2.55. The highest BCUT2D eigenvalue weighted by molar-refractivity contribution is 5.81. The van der Waals surface area contributed by atoms with E-state index in [1.54, 1.807) is 0 Å². The van der Waals surface area contributed by atoms with E-state index in [0.717, 1.165) is 25.6 Å². The third-order valence-electron chi connectivity index (χ3n) is 4.85. The molecule has 4 rings (SSSR count). The molecule has 0 aromatic heterocycles. The predicted octanol–water partition coefficient (Wildman–Crippen LogP) is 3.67. The first kappa shape index (κ1) is 14.3. The number of likely N-dealkylation sites (tertiary alicyclic amines) is 1. The standard InChI is InChI=1S/C20H23N3/c1-22-15-17-11-5-6-12-18(17)19(16-9-3-2-4-10-16)21-20(22)23-13-7-8-14-23/h2-6,9-12,19H,7-8,13-15H2,1H3. The number of rotatable bonds is 1. The lowest BCUT2D eigenvalue weighted by molar-refractivity contribution is 0.387. The lowest BCUT2D eigenvalue weighted by Gasteiger charge is -2.28. The number of fused-ring (bicyclic) bond motifs is 1. The zero-order chi connectivity index (χ0) is 15.6. The van der Waals surface area contributed by atoms with Gasteiger partial charge >= 0.3 is 0 Å². The molecule has 1 unspecified atom stereocenters. The Morgan fingerprint density at radius 2 is 1.61 bits per heavy atom. The summed E-state index contributed by atoms with van der Waals surface area (Å²) in [4.78, 5) is 9.98.